The Labute approximate surface area is 206 Å². The minimum Gasteiger partial charge on any atom is -0.383 e. The highest BCUT2D eigenvalue weighted by Gasteiger charge is 2.17. The molecule has 0 spiro atoms. The molecule has 2 aromatic carbocycles. The van der Waals surface area contributed by atoms with Gasteiger partial charge in [0, 0.05) is 37.7 Å². The zero-order valence-electron chi connectivity index (χ0n) is 18.6. The van der Waals surface area contributed by atoms with Gasteiger partial charge in [-0.15, -0.1) is 11.3 Å². The van der Waals surface area contributed by atoms with Gasteiger partial charge in [0.1, 0.15) is 0 Å². The predicted octanol–water partition coefficient (Wildman–Crippen LogP) is 4.51. The highest BCUT2D eigenvalue weighted by Crippen LogP contribution is 2.29. The number of ether oxygens (including phenoxy) is 1. The number of rotatable bonds is 9. The largest absolute Gasteiger partial charge is 0.383 e. The molecule has 0 fully saturated rings. The molecule has 0 aliphatic heterocycles. The number of halogens is 1. The summed E-state index contributed by atoms with van der Waals surface area (Å²) in [6.07, 6.45) is 2.89. The normalized spacial score (nSPS) is 10.8. The number of methoxy groups -OCH3 is 1. The first-order valence-electron chi connectivity index (χ1n) is 10.3. The number of amides is 3. The molecule has 0 unspecified atom stereocenters. The summed E-state index contributed by atoms with van der Waals surface area (Å²) in [7, 11) is 1.55. The Morgan fingerprint density at radius 2 is 1.94 bits per heavy atom. The molecule has 8 nitrogen and oxygen atoms in total. The van der Waals surface area contributed by atoms with E-state index in [0.29, 0.717) is 40.9 Å². The number of nitrogens with one attached hydrogen (secondary N) is 2. The van der Waals surface area contributed by atoms with E-state index in [-0.39, 0.29) is 16.8 Å². The van der Waals surface area contributed by atoms with Crippen LogP contribution in [-0.2, 0) is 14.3 Å². The summed E-state index contributed by atoms with van der Waals surface area (Å²) in [6, 6.07) is 13.8. The average molecular weight is 499 g/mol. The Morgan fingerprint density at radius 1 is 1.18 bits per heavy atom. The van der Waals surface area contributed by atoms with Crippen molar-refractivity contribution in [3.05, 3.63) is 76.3 Å². The first-order valence-corrected chi connectivity index (χ1v) is 11.5. The number of para-hydroxylation sites is 1. The van der Waals surface area contributed by atoms with Crippen molar-refractivity contribution in [2.75, 3.05) is 30.5 Å². The lowest BCUT2D eigenvalue weighted by Crippen LogP contribution is -2.27. The van der Waals surface area contributed by atoms with Gasteiger partial charge in [-0.2, -0.15) is 0 Å². The molecule has 34 heavy (non-hydrogen) atoms. The molecule has 10 heteroatoms. The summed E-state index contributed by atoms with van der Waals surface area (Å²) < 4.78 is 4.90. The lowest BCUT2D eigenvalue weighted by atomic mass is 10.2. The molecule has 0 radical (unpaired) electrons. The fourth-order valence-corrected chi connectivity index (χ4v) is 4.06. The van der Waals surface area contributed by atoms with Gasteiger partial charge in [0.05, 0.1) is 28.6 Å². The molecule has 0 bridgehead atoms. The van der Waals surface area contributed by atoms with Gasteiger partial charge in [-0.3, -0.25) is 19.3 Å². The predicted molar refractivity (Wildman–Crippen MR) is 135 cm³/mol. The minimum atomic E-state index is -0.394. The number of anilines is 3. The van der Waals surface area contributed by atoms with E-state index in [1.165, 1.54) is 41.4 Å². The first kappa shape index (κ1) is 25.1. The quantitative estimate of drug-likeness (QED) is 0.334. The van der Waals surface area contributed by atoms with Crippen molar-refractivity contribution in [2.24, 2.45) is 0 Å². The van der Waals surface area contributed by atoms with Crippen LogP contribution in [0.1, 0.15) is 23.0 Å². The van der Waals surface area contributed by atoms with Crippen LogP contribution in [0, 0.1) is 0 Å². The van der Waals surface area contributed by atoms with Crippen LogP contribution in [0.15, 0.2) is 60.0 Å². The molecule has 0 saturated carbocycles. The summed E-state index contributed by atoms with van der Waals surface area (Å²) in [5.74, 6) is -0.884. The molecule has 3 rings (SSSR count). The molecule has 0 atom stereocenters. The fourth-order valence-electron chi connectivity index (χ4n) is 2.94. The molecule has 0 aliphatic carbocycles. The summed E-state index contributed by atoms with van der Waals surface area (Å²) in [5.41, 5.74) is 2.00. The second kappa shape index (κ2) is 12.1. The standard InChI is InChI=1S/C24H23ClN4O4S/c1-16(30)29(19-6-4-3-5-7-19)24-28-18(15-34-24)9-11-22(31)27-17-8-10-20(21(25)14-17)23(32)26-12-13-33-2/h3-11,14-15H,12-13H2,1-2H3,(H,26,32)(H,27,31)/b11-9+. The monoisotopic (exact) mass is 498 g/mol. The van der Waals surface area contributed by atoms with Gasteiger partial charge in [-0.05, 0) is 36.4 Å². The smallest absolute Gasteiger partial charge is 0.252 e. The molecule has 176 valence electrons. The van der Waals surface area contributed by atoms with Gasteiger partial charge in [-0.1, -0.05) is 29.8 Å². The van der Waals surface area contributed by atoms with E-state index in [4.69, 9.17) is 16.3 Å². The third-order valence-corrected chi connectivity index (χ3v) is 5.67. The molecular formula is C24H23ClN4O4S. The highest BCUT2D eigenvalue weighted by atomic mass is 35.5. The van der Waals surface area contributed by atoms with Crippen molar-refractivity contribution < 1.29 is 19.1 Å². The number of carbonyl (C=O) groups excluding carboxylic acids is 3. The van der Waals surface area contributed by atoms with Crippen molar-refractivity contribution >= 4 is 63.2 Å². The average Bonchev–Trinajstić information content (AvgIpc) is 3.27. The maximum Gasteiger partial charge on any atom is 0.252 e. The van der Waals surface area contributed by atoms with Crippen molar-refractivity contribution in [3.8, 4) is 0 Å². The van der Waals surface area contributed by atoms with Crippen LogP contribution in [0.3, 0.4) is 0 Å². The van der Waals surface area contributed by atoms with Crippen LogP contribution in [0.25, 0.3) is 6.08 Å². The van der Waals surface area contributed by atoms with Gasteiger partial charge >= 0.3 is 0 Å². The van der Waals surface area contributed by atoms with E-state index >= 15 is 0 Å². The van der Waals surface area contributed by atoms with Crippen molar-refractivity contribution in [2.45, 2.75) is 6.92 Å². The Balaban J connectivity index is 1.63. The fraction of sp³-hybridized carbons (Fsp3) is 0.167. The van der Waals surface area contributed by atoms with Crippen LogP contribution in [0.5, 0.6) is 0 Å². The second-order valence-corrected chi connectivity index (χ2v) is 8.25. The lowest BCUT2D eigenvalue weighted by molar-refractivity contribution is -0.116. The molecule has 3 amide bonds. The van der Waals surface area contributed by atoms with E-state index in [1.54, 1.807) is 24.6 Å². The van der Waals surface area contributed by atoms with Crippen LogP contribution in [0.2, 0.25) is 5.02 Å². The number of hydrogen-bond donors (Lipinski definition) is 2. The Hall–Kier alpha value is -3.53. The summed E-state index contributed by atoms with van der Waals surface area (Å²) >= 11 is 7.50. The number of benzene rings is 2. The lowest BCUT2D eigenvalue weighted by Gasteiger charge is -2.17. The molecule has 0 saturated heterocycles. The Morgan fingerprint density at radius 3 is 2.62 bits per heavy atom. The van der Waals surface area contributed by atoms with E-state index < -0.39 is 5.91 Å². The molecule has 0 aliphatic rings. The Bertz CT molecular complexity index is 1200. The Kier molecular flexibility index (Phi) is 8.92. The van der Waals surface area contributed by atoms with E-state index in [9.17, 15) is 14.4 Å². The molecular weight excluding hydrogens is 476 g/mol. The zero-order chi connectivity index (χ0) is 24.5. The van der Waals surface area contributed by atoms with E-state index in [1.807, 2.05) is 30.3 Å². The van der Waals surface area contributed by atoms with Crippen LogP contribution < -0.4 is 15.5 Å². The van der Waals surface area contributed by atoms with Crippen LogP contribution >= 0.6 is 22.9 Å². The van der Waals surface area contributed by atoms with Gasteiger partial charge in [0.15, 0.2) is 5.13 Å². The van der Waals surface area contributed by atoms with Gasteiger partial charge in [-0.25, -0.2) is 4.98 Å². The van der Waals surface area contributed by atoms with E-state index in [0.717, 1.165) is 0 Å². The van der Waals surface area contributed by atoms with Gasteiger partial charge in [0.2, 0.25) is 11.8 Å². The number of nitrogens with zero attached hydrogens (tertiary/aromatic N) is 2. The third-order valence-electron chi connectivity index (χ3n) is 4.51. The summed E-state index contributed by atoms with van der Waals surface area (Å²) in [6.45, 7) is 2.23. The van der Waals surface area contributed by atoms with Crippen molar-refractivity contribution in [3.63, 3.8) is 0 Å². The molecule has 2 N–H and O–H groups in total. The maximum atomic E-state index is 12.3. The van der Waals surface area contributed by atoms with Gasteiger partial charge < -0.3 is 15.4 Å². The second-order valence-electron chi connectivity index (χ2n) is 7.01. The van der Waals surface area contributed by atoms with Crippen molar-refractivity contribution in [1.82, 2.24) is 10.3 Å². The van der Waals surface area contributed by atoms with Crippen LogP contribution in [0.4, 0.5) is 16.5 Å². The molecule has 1 aromatic heterocycles. The number of carbonyl (C=O) groups is 3. The number of hydrogen-bond acceptors (Lipinski definition) is 6. The number of aromatic nitrogens is 1. The zero-order valence-corrected chi connectivity index (χ0v) is 20.2. The third kappa shape index (κ3) is 6.74. The SMILES string of the molecule is COCCNC(=O)c1ccc(NC(=O)/C=C/c2csc(N(C(C)=O)c3ccccc3)n2)cc1Cl. The highest BCUT2D eigenvalue weighted by molar-refractivity contribution is 7.14. The minimum absolute atomic E-state index is 0.165. The van der Waals surface area contributed by atoms with Crippen molar-refractivity contribution in [1.29, 1.82) is 0 Å². The first-order chi connectivity index (χ1) is 16.4. The van der Waals surface area contributed by atoms with Gasteiger partial charge in [0.25, 0.3) is 5.91 Å². The topological polar surface area (TPSA) is 101 Å². The summed E-state index contributed by atoms with van der Waals surface area (Å²) in [4.78, 5) is 42.6. The maximum absolute atomic E-state index is 12.3. The molecule has 3 aromatic rings. The van der Waals surface area contributed by atoms with E-state index in [2.05, 4.69) is 15.6 Å². The summed E-state index contributed by atoms with van der Waals surface area (Å²) in [5, 5.41) is 7.86. The molecule has 1 heterocycles. The number of thiazole rings is 1. The van der Waals surface area contributed by atoms with Crippen LogP contribution in [-0.4, -0.2) is 43.0 Å².